The van der Waals surface area contributed by atoms with Gasteiger partial charge in [-0.15, -0.1) is 0 Å². The maximum absolute atomic E-state index is 12.2. The summed E-state index contributed by atoms with van der Waals surface area (Å²) in [6.07, 6.45) is 4.58. The number of nitrogen functional groups attached to an aromatic ring is 1. The van der Waals surface area contributed by atoms with Crippen molar-refractivity contribution in [3.05, 3.63) is 58.6 Å². The number of amides is 2. The zero-order chi connectivity index (χ0) is 30.9. The number of hydrogen-bond donors (Lipinski definition) is 1. The molecule has 0 aliphatic carbocycles. The summed E-state index contributed by atoms with van der Waals surface area (Å²) in [6, 6.07) is 14.7. The Bertz CT molecular complexity index is 1230. The monoisotopic (exact) mass is 606 g/mol. The molecule has 238 valence electrons. The van der Waals surface area contributed by atoms with Crippen molar-refractivity contribution >= 4 is 34.6 Å². The van der Waals surface area contributed by atoms with Crippen molar-refractivity contribution in [2.45, 2.75) is 25.7 Å². The Hall–Kier alpha value is -3.90. The van der Waals surface area contributed by atoms with E-state index in [-0.39, 0.29) is 16.5 Å². The number of anilines is 3. The van der Waals surface area contributed by atoms with Gasteiger partial charge >= 0.3 is 0 Å². The fourth-order valence-electron chi connectivity index (χ4n) is 6.31. The van der Waals surface area contributed by atoms with Crippen LogP contribution in [0.2, 0.25) is 0 Å². The first-order valence-corrected chi connectivity index (χ1v) is 16.0. The molecule has 12 heteroatoms. The molecule has 0 unspecified atom stereocenters. The molecule has 2 aromatic rings. The Morgan fingerprint density at radius 1 is 0.591 bits per heavy atom. The second kappa shape index (κ2) is 15.2. The second-order valence-corrected chi connectivity index (χ2v) is 12.1. The summed E-state index contributed by atoms with van der Waals surface area (Å²) >= 11 is 0. The van der Waals surface area contributed by atoms with Gasteiger partial charge in [0.2, 0.25) is 11.8 Å². The van der Waals surface area contributed by atoms with Crippen LogP contribution in [0.25, 0.3) is 0 Å². The van der Waals surface area contributed by atoms with Crippen LogP contribution in [0.4, 0.5) is 22.7 Å². The molecule has 0 spiro atoms. The number of hydrogen-bond acceptors (Lipinski definition) is 9. The number of nitro groups is 1. The summed E-state index contributed by atoms with van der Waals surface area (Å²) in [7, 11) is 0. The van der Waals surface area contributed by atoms with Gasteiger partial charge in [0.05, 0.1) is 18.0 Å². The largest absolute Gasteiger partial charge is 0.399 e. The van der Waals surface area contributed by atoms with Gasteiger partial charge in [0, 0.05) is 108 Å². The van der Waals surface area contributed by atoms with Gasteiger partial charge in [-0.25, -0.2) is 0 Å². The minimum Gasteiger partial charge on any atom is -0.399 e. The Balaban J connectivity index is 0.000000175. The average molecular weight is 607 g/mol. The summed E-state index contributed by atoms with van der Waals surface area (Å²) in [5.74, 6) is 0.541. The zero-order valence-electron chi connectivity index (χ0n) is 25.7. The van der Waals surface area contributed by atoms with Crippen LogP contribution in [0.15, 0.2) is 48.5 Å². The molecule has 0 bridgehead atoms. The molecular weight excluding hydrogens is 560 g/mol. The highest BCUT2D eigenvalue weighted by molar-refractivity contribution is 5.79. The quantitative estimate of drug-likeness (QED) is 0.288. The van der Waals surface area contributed by atoms with Crippen molar-refractivity contribution in [1.82, 2.24) is 19.6 Å². The van der Waals surface area contributed by atoms with E-state index in [1.54, 1.807) is 24.3 Å². The SMILES string of the molecule is Nc1ccc(N2CCN(CC(=O)N3CCCC3)CC2)cc1.O=C(CN1CCN(c2ccc([N+](=O)[O-])cc2)CC1)N1CCCC1. The molecule has 4 aliphatic heterocycles. The van der Waals surface area contributed by atoms with Crippen molar-refractivity contribution in [3.8, 4) is 0 Å². The van der Waals surface area contributed by atoms with Crippen molar-refractivity contribution in [2.75, 3.05) is 107 Å². The summed E-state index contributed by atoms with van der Waals surface area (Å²) in [5.41, 5.74) is 8.86. The number of rotatable bonds is 7. The molecule has 12 nitrogen and oxygen atoms in total. The summed E-state index contributed by atoms with van der Waals surface area (Å²) in [6.45, 7) is 12.0. The van der Waals surface area contributed by atoms with Crippen LogP contribution in [-0.2, 0) is 9.59 Å². The number of benzene rings is 2. The van der Waals surface area contributed by atoms with Crippen LogP contribution in [0, 0.1) is 10.1 Å². The zero-order valence-corrected chi connectivity index (χ0v) is 25.7. The number of piperazine rings is 2. The highest BCUT2D eigenvalue weighted by Gasteiger charge is 2.25. The number of carbonyl (C=O) groups excluding carboxylic acids is 2. The van der Waals surface area contributed by atoms with Gasteiger partial charge in [0.25, 0.3) is 5.69 Å². The lowest BCUT2D eigenvalue weighted by atomic mass is 10.2. The number of nitro benzene ring substituents is 1. The smallest absolute Gasteiger partial charge is 0.269 e. The molecule has 0 radical (unpaired) electrons. The highest BCUT2D eigenvalue weighted by Crippen LogP contribution is 2.21. The summed E-state index contributed by atoms with van der Waals surface area (Å²) in [5, 5.41) is 10.7. The maximum atomic E-state index is 12.2. The molecule has 44 heavy (non-hydrogen) atoms. The Morgan fingerprint density at radius 2 is 0.955 bits per heavy atom. The lowest BCUT2D eigenvalue weighted by Gasteiger charge is -2.36. The van der Waals surface area contributed by atoms with E-state index in [1.807, 2.05) is 21.9 Å². The molecule has 0 saturated carbocycles. The number of non-ortho nitro benzene ring substituents is 1. The molecule has 2 N–H and O–H groups in total. The minimum atomic E-state index is -0.383. The van der Waals surface area contributed by atoms with Crippen molar-refractivity contribution in [3.63, 3.8) is 0 Å². The van der Waals surface area contributed by atoms with Gasteiger partial charge in [0.1, 0.15) is 0 Å². The van der Waals surface area contributed by atoms with Crippen molar-refractivity contribution in [1.29, 1.82) is 0 Å². The Kier molecular flexibility index (Phi) is 10.9. The molecule has 2 amide bonds. The Labute approximate surface area is 260 Å². The van der Waals surface area contributed by atoms with Gasteiger partial charge in [0.15, 0.2) is 0 Å². The van der Waals surface area contributed by atoms with Gasteiger partial charge in [-0.1, -0.05) is 0 Å². The van der Waals surface area contributed by atoms with Gasteiger partial charge in [-0.05, 0) is 62.1 Å². The van der Waals surface area contributed by atoms with E-state index in [9.17, 15) is 19.7 Å². The predicted octanol–water partition coefficient (Wildman–Crippen LogP) is 2.35. The fraction of sp³-hybridized carbons (Fsp3) is 0.562. The van der Waals surface area contributed by atoms with Crippen molar-refractivity contribution in [2.24, 2.45) is 0 Å². The number of likely N-dealkylation sites (tertiary alicyclic amines) is 2. The normalized spacial score (nSPS) is 19.5. The highest BCUT2D eigenvalue weighted by atomic mass is 16.6. The van der Waals surface area contributed by atoms with Crippen LogP contribution < -0.4 is 15.5 Å². The van der Waals surface area contributed by atoms with Crippen LogP contribution in [0.5, 0.6) is 0 Å². The molecular formula is C32H46N8O4. The molecule has 0 atom stereocenters. The van der Waals surface area contributed by atoms with Gasteiger partial charge in [-0.3, -0.25) is 29.5 Å². The van der Waals surface area contributed by atoms with Crippen LogP contribution in [0.3, 0.4) is 0 Å². The van der Waals surface area contributed by atoms with E-state index in [2.05, 4.69) is 31.7 Å². The fourth-order valence-corrected chi connectivity index (χ4v) is 6.31. The van der Waals surface area contributed by atoms with Crippen LogP contribution in [-0.4, -0.2) is 128 Å². The molecule has 2 aromatic carbocycles. The molecule has 4 heterocycles. The first kappa shape index (κ1) is 31.5. The average Bonchev–Trinajstić information content (AvgIpc) is 3.79. The first-order chi connectivity index (χ1) is 21.4. The second-order valence-electron chi connectivity index (χ2n) is 12.1. The molecule has 4 aliphatic rings. The molecule has 0 aromatic heterocycles. The number of nitrogens with two attached hydrogens (primary N) is 1. The van der Waals surface area contributed by atoms with Gasteiger partial charge in [-0.2, -0.15) is 0 Å². The van der Waals surface area contributed by atoms with E-state index in [0.717, 1.165) is 116 Å². The predicted molar refractivity (Wildman–Crippen MR) is 173 cm³/mol. The number of nitrogens with zero attached hydrogens (tertiary/aromatic N) is 7. The maximum Gasteiger partial charge on any atom is 0.269 e. The third-order valence-corrected chi connectivity index (χ3v) is 9.06. The molecule has 6 rings (SSSR count). The Morgan fingerprint density at radius 3 is 1.32 bits per heavy atom. The van der Waals surface area contributed by atoms with Crippen LogP contribution in [0.1, 0.15) is 25.7 Å². The minimum absolute atomic E-state index is 0.114. The third-order valence-electron chi connectivity index (χ3n) is 9.06. The summed E-state index contributed by atoms with van der Waals surface area (Å²) in [4.78, 5) is 47.6. The third kappa shape index (κ3) is 8.60. The molecule has 4 saturated heterocycles. The van der Waals surface area contributed by atoms with E-state index in [1.165, 1.54) is 5.69 Å². The van der Waals surface area contributed by atoms with E-state index in [4.69, 9.17) is 5.73 Å². The van der Waals surface area contributed by atoms with Crippen LogP contribution >= 0.6 is 0 Å². The standard InChI is InChI=1S/C16H22N4O3.C16H24N4O/c21-16(19-7-1-2-8-19)13-17-9-11-18(12-10-17)14-3-5-15(6-4-14)20(22)23;17-14-3-5-15(6-4-14)19-11-9-18(10-12-19)13-16(21)20-7-1-2-8-20/h3-6H,1-2,7-13H2;3-6H,1-2,7-13,17H2. The topological polar surface area (TPSA) is 123 Å². The van der Waals surface area contributed by atoms with Gasteiger partial charge < -0.3 is 25.3 Å². The van der Waals surface area contributed by atoms with E-state index < -0.39 is 0 Å². The lowest BCUT2D eigenvalue weighted by molar-refractivity contribution is -0.384. The molecule has 4 fully saturated rings. The van der Waals surface area contributed by atoms with E-state index >= 15 is 0 Å². The van der Waals surface area contributed by atoms with E-state index in [0.29, 0.717) is 19.0 Å². The number of carbonyl (C=O) groups is 2. The van der Waals surface area contributed by atoms with Crippen molar-refractivity contribution < 1.29 is 14.5 Å². The summed E-state index contributed by atoms with van der Waals surface area (Å²) < 4.78 is 0. The first-order valence-electron chi connectivity index (χ1n) is 16.0. The lowest BCUT2D eigenvalue weighted by Crippen LogP contribution is -2.49.